The molecule has 2 aromatic carbocycles. The second kappa shape index (κ2) is 6.67. The molecule has 0 radical (unpaired) electrons. The third-order valence-electron chi connectivity index (χ3n) is 5.02. The minimum Gasteiger partial charge on any atom is -0.464 e. The number of fused-ring (bicyclic) bond motifs is 1. The molecule has 1 aliphatic rings. The maximum absolute atomic E-state index is 12.2. The van der Waals surface area contributed by atoms with Crippen LogP contribution in [-0.4, -0.2) is 5.91 Å². The molecule has 0 saturated heterocycles. The summed E-state index contributed by atoms with van der Waals surface area (Å²) < 4.78 is 5.71. The van der Waals surface area contributed by atoms with Crippen LogP contribution < -0.4 is 26.8 Å². The number of nitrogens with one attached hydrogen (secondary N) is 3. The molecule has 3 aromatic rings. The first-order valence-corrected chi connectivity index (χ1v) is 9.20. The number of amides is 1. The van der Waals surface area contributed by atoms with E-state index in [2.05, 4.69) is 16.0 Å². The Morgan fingerprint density at radius 3 is 2.46 bits per heavy atom. The molecule has 4 rings (SSSR count). The van der Waals surface area contributed by atoms with Gasteiger partial charge in [-0.1, -0.05) is 26.0 Å². The van der Waals surface area contributed by atoms with E-state index in [1.807, 2.05) is 45.0 Å². The highest BCUT2D eigenvalue weighted by molar-refractivity contribution is 6.04. The smallest absolute Gasteiger partial charge is 0.254 e. The summed E-state index contributed by atoms with van der Waals surface area (Å²) in [4.78, 5) is 36.6. The van der Waals surface area contributed by atoms with Crippen LogP contribution in [0, 0.1) is 12.8 Å². The highest BCUT2D eigenvalue weighted by atomic mass is 16.3. The molecule has 0 fully saturated rings. The fourth-order valence-corrected chi connectivity index (χ4v) is 3.51. The molecule has 3 N–H and O–H groups in total. The monoisotopic (exact) mass is 379 g/mol. The Labute approximate surface area is 161 Å². The third-order valence-corrected chi connectivity index (χ3v) is 5.02. The van der Waals surface area contributed by atoms with Gasteiger partial charge in [0.05, 0.1) is 17.3 Å². The molecule has 1 aliphatic heterocycles. The van der Waals surface area contributed by atoms with Crippen molar-refractivity contribution >= 4 is 23.0 Å². The predicted octanol–water partition coefficient (Wildman–Crippen LogP) is 2.98. The van der Waals surface area contributed by atoms with Crippen molar-refractivity contribution in [3.05, 3.63) is 73.4 Å². The molecule has 0 unspecified atom stereocenters. The van der Waals surface area contributed by atoms with Crippen molar-refractivity contribution in [2.24, 2.45) is 5.92 Å². The van der Waals surface area contributed by atoms with E-state index in [1.165, 1.54) is 0 Å². The molecule has 2 heterocycles. The van der Waals surface area contributed by atoms with Gasteiger partial charge in [-0.3, -0.25) is 14.4 Å². The summed E-state index contributed by atoms with van der Waals surface area (Å²) in [6, 6.07) is 8.85. The van der Waals surface area contributed by atoms with Crippen LogP contribution in [0.3, 0.4) is 0 Å². The van der Waals surface area contributed by atoms with E-state index in [1.54, 1.807) is 6.07 Å². The van der Waals surface area contributed by atoms with E-state index < -0.39 is 10.9 Å². The first-order valence-electron chi connectivity index (χ1n) is 9.20. The number of carbonyl (C=O) groups is 1. The van der Waals surface area contributed by atoms with Gasteiger partial charge >= 0.3 is 0 Å². The third kappa shape index (κ3) is 2.89. The number of aryl methyl sites for hydroxylation is 1. The Balaban J connectivity index is 1.66. The standard InChI is InChI=1S/C21H21N3O4/c1-10(2)16(14-8-7-11(3)28-14)24-18-17(19(25)20(18)26)23-13-6-4-5-12-9-22-21(27)15(12)13/h4-8,10,16,23-24H,9H2,1-3H3,(H,22,27)/t16-/m1/s1. The lowest BCUT2D eigenvalue weighted by atomic mass is 10.00. The largest absolute Gasteiger partial charge is 0.464 e. The highest BCUT2D eigenvalue weighted by Gasteiger charge is 2.29. The lowest BCUT2D eigenvalue weighted by molar-refractivity contribution is 0.0966. The topological polar surface area (TPSA) is 100 Å². The first kappa shape index (κ1) is 18.0. The molecule has 0 aliphatic carbocycles. The quantitative estimate of drug-likeness (QED) is 0.569. The minimum absolute atomic E-state index is 0.120. The fraction of sp³-hybridized carbons (Fsp3) is 0.286. The van der Waals surface area contributed by atoms with Crippen LogP contribution in [0.1, 0.15) is 47.3 Å². The summed E-state index contributed by atoms with van der Waals surface area (Å²) in [5.41, 5.74) is 1.08. The van der Waals surface area contributed by atoms with Gasteiger partial charge in [0.25, 0.3) is 16.8 Å². The molecular weight excluding hydrogens is 358 g/mol. The van der Waals surface area contributed by atoms with Gasteiger partial charge in [-0.25, -0.2) is 0 Å². The second-order valence-electron chi connectivity index (χ2n) is 7.37. The summed E-state index contributed by atoms with van der Waals surface area (Å²) in [5, 5.41) is 8.92. The van der Waals surface area contributed by atoms with Gasteiger partial charge in [-0.2, -0.15) is 0 Å². The molecule has 1 amide bonds. The van der Waals surface area contributed by atoms with Crippen molar-refractivity contribution < 1.29 is 9.21 Å². The summed E-state index contributed by atoms with van der Waals surface area (Å²) in [6.45, 7) is 6.31. The normalized spacial score (nSPS) is 14.2. The summed E-state index contributed by atoms with van der Waals surface area (Å²) in [7, 11) is 0. The number of hydrogen-bond acceptors (Lipinski definition) is 6. The molecule has 1 aromatic heterocycles. The van der Waals surface area contributed by atoms with Gasteiger partial charge in [0.1, 0.15) is 22.9 Å². The number of furan rings is 1. The molecule has 0 spiro atoms. The van der Waals surface area contributed by atoms with Crippen LogP contribution in [-0.2, 0) is 6.54 Å². The fourth-order valence-electron chi connectivity index (χ4n) is 3.51. The zero-order valence-corrected chi connectivity index (χ0v) is 15.9. The number of rotatable bonds is 6. The molecule has 1 atom stereocenters. The molecule has 7 nitrogen and oxygen atoms in total. The van der Waals surface area contributed by atoms with E-state index in [-0.39, 0.29) is 29.2 Å². The minimum atomic E-state index is -0.600. The van der Waals surface area contributed by atoms with Gasteiger partial charge in [-0.15, -0.1) is 0 Å². The van der Waals surface area contributed by atoms with Crippen LogP contribution in [0.4, 0.5) is 17.1 Å². The number of anilines is 3. The number of benzene rings is 1. The maximum Gasteiger partial charge on any atom is 0.254 e. The van der Waals surface area contributed by atoms with Crippen LogP contribution >= 0.6 is 0 Å². The Kier molecular flexibility index (Phi) is 4.30. The van der Waals surface area contributed by atoms with E-state index >= 15 is 0 Å². The average Bonchev–Trinajstić information content (AvgIpc) is 3.26. The molecular formula is C21H21N3O4. The van der Waals surface area contributed by atoms with Crippen LogP contribution in [0.2, 0.25) is 0 Å². The molecule has 0 bridgehead atoms. The second-order valence-corrected chi connectivity index (χ2v) is 7.37. The van der Waals surface area contributed by atoms with Crippen molar-refractivity contribution in [1.82, 2.24) is 5.32 Å². The van der Waals surface area contributed by atoms with Gasteiger partial charge in [0.15, 0.2) is 0 Å². The van der Waals surface area contributed by atoms with Crippen LogP contribution in [0.25, 0.3) is 0 Å². The summed E-state index contributed by atoms with van der Waals surface area (Å²) >= 11 is 0. The van der Waals surface area contributed by atoms with E-state index in [0.717, 1.165) is 11.3 Å². The first-order chi connectivity index (χ1) is 13.4. The van der Waals surface area contributed by atoms with Crippen LogP contribution in [0.5, 0.6) is 0 Å². The van der Waals surface area contributed by atoms with Gasteiger partial charge < -0.3 is 20.4 Å². The number of carbonyl (C=O) groups excluding carboxylic acids is 1. The molecule has 7 heteroatoms. The van der Waals surface area contributed by atoms with E-state index in [0.29, 0.717) is 23.6 Å². The SMILES string of the molecule is Cc1ccc([C@H](Nc2c(Nc3cccc4c3C(=O)NC4)c(=O)c2=O)C(C)C)o1. The van der Waals surface area contributed by atoms with Gasteiger partial charge in [0, 0.05) is 6.54 Å². The van der Waals surface area contributed by atoms with E-state index in [4.69, 9.17) is 4.42 Å². The van der Waals surface area contributed by atoms with Gasteiger partial charge in [0.2, 0.25) is 0 Å². The summed E-state index contributed by atoms with van der Waals surface area (Å²) in [6.07, 6.45) is 0. The highest BCUT2D eigenvalue weighted by Crippen LogP contribution is 2.32. The molecule has 144 valence electrons. The lowest BCUT2D eigenvalue weighted by Gasteiger charge is -2.24. The van der Waals surface area contributed by atoms with Crippen molar-refractivity contribution in [3.63, 3.8) is 0 Å². The van der Waals surface area contributed by atoms with Crippen molar-refractivity contribution in [2.75, 3.05) is 10.6 Å². The summed E-state index contributed by atoms with van der Waals surface area (Å²) in [5.74, 6) is 1.40. The maximum atomic E-state index is 12.2. The molecule has 28 heavy (non-hydrogen) atoms. The Bertz CT molecular complexity index is 1140. The van der Waals surface area contributed by atoms with Crippen LogP contribution in [0.15, 0.2) is 44.3 Å². The lowest BCUT2D eigenvalue weighted by Crippen LogP contribution is -2.38. The van der Waals surface area contributed by atoms with Crippen molar-refractivity contribution in [2.45, 2.75) is 33.4 Å². The average molecular weight is 379 g/mol. The Morgan fingerprint density at radius 2 is 1.79 bits per heavy atom. The van der Waals surface area contributed by atoms with Crippen molar-refractivity contribution in [1.29, 1.82) is 0 Å². The predicted molar refractivity (Wildman–Crippen MR) is 107 cm³/mol. The van der Waals surface area contributed by atoms with E-state index in [9.17, 15) is 14.4 Å². The zero-order valence-electron chi connectivity index (χ0n) is 15.9. The van der Waals surface area contributed by atoms with Crippen molar-refractivity contribution in [3.8, 4) is 0 Å². The number of hydrogen-bond donors (Lipinski definition) is 3. The Hall–Kier alpha value is -3.35. The van der Waals surface area contributed by atoms with Gasteiger partial charge in [-0.05, 0) is 36.6 Å². The zero-order chi connectivity index (χ0) is 20.0. The Morgan fingerprint density at radius 1 is 1.04 bits per heavy atom. The molecule has 0 saturated carbocycles.